The highest BCUT2D eigenvalue weighted by atomic mass is 35.5. The smallest absolute Gasteiger partial charge is 0.407 e. The number of carbonyl (C=O) groups excluding carboxylic acids is 1. The molecule has 0 unspecified atom stereocenters. The fourth-order valence-corrected chi connectivity index (χ4v) is 2.09. The molecular weight excluding hydrogens is 254 g/mol. The highest BCUT2D eigenvalue weighted by Crippen LogP contribution is 2.39. The van der Waals surface area contributed by atoms with Gasteiger partial charge in [-0.25, -0.2) is 4.79 Å². The van der Waals surface area contributed by atoms with Gasteiger partial charge in [-0.05, 0) is 6.07 Å². The monoisotopic (exact) mass is 271 g/mol. The van der Waals surface area contributed by atoms with Crippen molar-refractivity contribution in [1.29, 1.82) is 0 Å². The van der Waals surface area contributed by atoms with Gasteiger partial charge in [-0.2, -0.15) is 0 Å². The van der Waals surface area contributed by atoms with Crippen LogP contribution in [0.15, 0.2) is 24.3 Å². The standard InChI is InChI=1S/C13H17NO3.ClH/c1-13(2)8-17-12(15)14-11(13)9-6-4-5-7-10(9)16-3;/h4-7,11H,8H2,1-3H3,(H,14,15);1H/t11-;/m1./s1. The van der Waals surface area contributed by atoms with Crippen LogP contribution in [0.1, 0.15) is 25.5 Å². The normalized spacial score (nSPS) is 21.3. The molecule has 1 N–H and O–H groups in total. The highest BCUT2D eigenvalue weighted by Gasteiger charge is 2.39. The van der Waals surface area contributed by atoms with E-state index in [0.29, 0.717) is 6.61 Å². The highest BCUT2D eigenvalue weighted by molar-refractivity contribution is 5.85. The maximum Gasteiger partial charge on any atom is 0.407 e. The second-order valence-corrected chi connectivity index (χ2v) is 4.88. The number of nitrogens with one attached hydrogen (secondary N) is 1. The van der Waals surface area contributed by atoms with Crippen LogP contribution in [0.2, 0.25) is 0 Å². The lowest BCUT2D eigenvalue weighted by Gasteiger charge is -2.38. The first kappa shape index (κ1) is 14.6. The van der Waals surface area contributed by atoms with Crippen LogP contribution in [0.3, 0.4) is 0 Å². The van der Waals surface area contributed by atoms with Crippen molar-refractivity contribution in [3.63, 3.8) is 0 Å². The Kier molecular flexibility index (Phi) is 4.46. The Bertz CT molecular complexity index is 434. The number of benzene rings is 1. The number of para-hydroxylation sites is 1. The van der Waals surface area contributed by atoms with Crippen molar-refractivity contribution >= 4 is 18.5 Å². The molecule has 0 spiro atoms. The van der Waals surface area contributed by atoms with E-state index in [1.54, 1.807) is 7.11 Å². The number of rotatable bonds is 2. The van der Waals surface area contributed by atoms with E-state index >= 15 is 0 Å². The Morgan fingerprint density at radius 3 is 2.72 bits per heavy atom. The van der Waals surface area contributed by atoms with Crippen LogP contribution in [0.25, 0.3) is 0 Å². The summed E-state index contributed by atoms with van der Waals surface area (Å²) in [6, 6.07) is 7.62. The molecule has 0 radical (unpaired) electrons. The maximum absolute atomic E-state index is 11.4. The molecule has 100 valence electrons. The van der Waals surface area contributed by atoms with Crippen LogP contribution in [0.4, 0.5) is 4.79 Å². The number of amides is 1. The fourth-order valence-electron chi connectivity index (χ4n) is 2.09. The zero-order chi connectivity index (χ0) is 12.5. The van der Waals surface area contributed by atoms with Crippen molar-refractivity contribution in [2.75, 3.05) is 13.7 Å². The quantitative estimate of drug-likeness (QED) is 0.900. The predicted octanol–water partition coefficient (Wildman–Crippen LogP) is 2.92. The third-order valence-corrected chi connectivity index (χ3v) is 3.07. The fraction of sp³-hybridized carbons (Fsp3) is 0.462. The van der Waals surface area contributed by atoms with Crippen LogP contribution in [0.5, 0.6) is 5.75 Å². The molecule has 1 atom stereocenters. The zero-order valence-corrected chi connectivity index (χ0v) is 11.5. The van der Waals surface area contributed by atoms with Crippen molar-refractivity contribution in [2.45, 2.75) is 19.9 Å². The summed E-state index contributed by atoms with van der Waals surface area (Å²) in [6.07, 6.45) is -0.375. The van der Waals surface area contributed by atoms with Gasteiger partial charge in [0.25, 0.3) is 0 Å². The second-order valence-electron chi connectivity index (χ2n) is 4.88. The lowest BCUT2D eigenvalue weighted by atomic mass is 9.80. The summed E-state index contributed by atoms with van der Waals surface area (Å²) in [7, 11) is 1.63. The molecule has 0 bridgehead atoms. The Labute approximate surface area is 113 Å². The van der Waals surface area contributed by atoms with Crippen LogP contribution >= 0.6 is 12.4 Å². The van der Waals surface area contributed by atoms with Gasteiger partial charge in [0.05, 0.1) is 13.2 Å². The Morgan fingerprint density at radius 2 is 2.06 bits per heavy atom. The van der Waals surface area contributed by atoms with Crippen LogP contribution in [-0.2, 0) is 4.74 Å². The molecule has 18 heavy (non-hydrogen) atoms. The molecule has 1 aliphatic rings. The van der Waals surface area contributed by atoms with E-state index in [1.807, 2.05) is 24.3 Å². The van der Waals surface area contributed by atoms with E-state index in [-0.39, 0.29) is 30.0 Å². The van der Waals surface area contributed by atoms with E-state index in [2.05, 4.69) is 19.2 Å². The minimum atomic E-state index is -0.375. The topological polar surface area (TPSA) is 47.6 Å². The largest absolute Gasteiger partial charge is 0.496 e. The molecule has 1 amide bonds. The van der Waals surface area contributed by atoms with E-state index in [9.17, 15) is 4.79 Å². The van der Waals surface area contributed by atoms with Gasteiger partial charge in [-0.1, -0.05) is 32.0 Å². The Balaban J connectivity index is 0.00000162. The molecule has 1 aromatic carbocycles. The number of hydrogen-bond donors (Lipinski definition) is 1. The van der Waals surface area contributed by atoms with Crippen LogP contribution in [-0.4, -0.2) is 19.8 Å². The Hall–Kier alpha value is -1.42. The third kappa shape index (κ3) is 2.70. The van der Waals surface area contributed by atoms with Gasteiger partial charge < -0.3 is 14.8 Å². The van der Waals surface area contributed by atoms with Gasteiger partial charge in [0.2, 0.25) is 0 Å². The molecule has 4 nitrogen and oxygen atoms in total. The molecular formula is C13H18ClNO3. The van der Waals surface area contributed by atoms with Crippen molar-refractivity contribution < 1.29 is 14.3 Å². The molecule has 1 saturated heterocycles. The van der Waals surface area contributed by atoms with Crippen molar-refractivity contribution in [1.82, 2.24) is 5.32 Å². The minimum absolute atomic E-state index is 0. The Morgan fingerprint density at radius 1 is 1.39 bits per heavy atom. The molecule has 0 aliphatic carbocycles. The van der Waals surface area contributed by atoms with E-state index in [1.165, 1.54) is 0 Å². The molecule has 1 aliphatic heterocycles. The minimum Gasteiger partial charge on any atom is -0.496 e. The lowest BCUT2D eigenvalue weighted by Crippen LogP contribution is -2.47. The molecule has 1 fully saturated rings. The first-order valence-electron chi connectivity index (χ1n) is 5.61. The number of alkyl carbamates (subject to hydrolysis) is 1. The third-order valence-electron chi connectivity index (χ3n) is 3.07. The van der Waals surface area contributed by atoms with E-state index in [0.717, 1.165) is 11.3 Å². The van der Waals surface area contributed by atoms with Crippen LogP contribution < -0.4 is 10.1 Å². The van der Waals surface area contributed by atoms with Gasteiger partial charge in [-0.15, -0.1) is 12.4 Å². The zero-order valence-electron chi connectivity index (χ0n) is 10.7. The lowest BCUT2D eigenvalue weighted by molar-refractivity contribution is 0.0381. The number of halogens is 1. The van der Waals surface area contributed by atoms with Gasteiger partial charge >= 0.3 is 6.09 Å². The molecule has 2 rings (SSSR count). The van der Waals surface area contributed by atoms with Gasteiger partial charge in [0, 0.05) is 11.0 Å². The van der Waals surface area contributed by atoms with Gasteiger partial charge in [-0.3, -0.25) is 0 Å². The van der Waals surface area contributed by atoms with Crippen molar-refractivity contribution in [3.8, 4) is 5.75 Å². The average Bonchev–Trinajstić information content (AvgIpc) is 2.32. The maximum atomic E-state index is 11.4. The second kappa shape index (κ2) is 5.48. The summed E-state index contributed by atoms with van der Waals surface area (Å²) in [6.45, 7) is 4.52. The summed E-state index contributed by atoms with van der Waals surface area (Å²) in [4.78, 5) is 11.4. The molecule has 5 heteroatoms. The van der Waals surface area contributed by atoms with Crippen molar-refractivity contribution in [3.05, 3.63) is 29.8 Å². The number of ether oxygens (including phenoxy) is 2. The summed E-state index contributed by atoms with van der Waals surface area (Å²) in [5.41, 5.74) is 0.819. The molecule has 1 aromatic rings. The molecule has 0 aromatic heterocycles. The van der Waals surface area contributed by atoms with Crippen LogP contribution in [0, 0.1) is 5.41 Å². The first-order chi connectivity index (χ1) is 8.04. The number of methoxy groups -OCH3 is 1. The van der Waals surface area contributed by atoms with E-state index < -0.39 is 0 Å². The predicted molar refractivity (Wildman–Crippen MR) is 71.2 cm³/mol. The van der Waals surface area contributed by atoms with Gasteiger partial charge in [0.15, 0.2) is 0 Å². The number of carbonyl (C=O) groups is 1. The SMILES string of the molecule is COc1ccccc1[C@H]1NC(=O)OCC1(C)C.Cl. The summed E-state index contributed by atoms with van der Waals surface area (Å²) in [5.74, 6) is 0.785. The average molecular weight is 272 g/mol. The van der Waals surface area contributed by atoms with Crippen molar-refractivity contribution in [2.24, 2.45) is 5.41 Å². The van der Waals surface area contributed by atoms with E-state index in [4.69, 9.17) is 9.47 Å². The molecule has 1 heterocycles. The summed E-state index contributed by atoms with van der Waals surface area (Å²) < 4.78 is 10.4. The number of cyclic esters (lactones) is 1. The number of hydrogen-bond acceptors (Lipinski definition) is 3. The molecule has 0 saturated carbocycles. The summed E-state index contributed by atoms with van der Waals surface area (Å²) in [5, 5.41) is 2.86. The first-order valence-corrected chi connectivity index (χ1v) is 5.61. The van der Waals surface area contributed by atoms with Gasteiger partial charge in [0.1, 0.15) is 12.4 Å². The summed E-state index contributed by atoms with van der Waals surface area (Å²) >= 11 is 0.